The van der Waals surface area contributed by atoms with Crippen LogP contribution in [0.15, 0.2) is 0 Å². The summed E-state index contributed by atoms with van der Waals surface area (Å²) in [6.45, 7) is 5.52. The number of nitrogens with one attached hydrogen (secondary N) is 1. The molecule has 0 aliphatic heterocycles. The second kappa shape index (κ2) is 6.41. The van der Waals surface area contributed by atoms with Gasteiger partial charge in [-0.3, -0.25) is 0 Å². The molecule has 0 heterocycles. The molecule has 0 bridgehead atoms. The summed E-state index contributed by atoms with van der Waals surface area (Å²) >= 11 is 0. The van der Waals surface area contributed by atoms with Crippen LogP contribution in [-0.2, 0) is 4.74 Å². The molecule has 1 saturated carbocycles. The molecule has 1 fully saturated rings. The van der Waals surface area contributed by atoms with Crippen LogP contribution in [0.1, 0.15) is 46.0 Å². The molecule has 1 aliphatic rings. The Kier molecular flexibility index (Phi) is 5.49. The standard InChI is InChI=1S/C12H25NO/c1-4-11(9-13-3)14-12-8-6-5-7-10(12)2/h10-13H,4-9H2,1-3H3. The number of ether oxygens (including phenoxy) is 1. The summed E-state index contributed by atoms with van der Waals surface area (Å²) in [6, 6.07) is 0. The number of likely N-dealkylation sites (N-methyl/N-ethyl adjacent to an activating group) is 1. The lowest BCUT2D eigenvalue weighted by molar-refractivity contribution is -0.0550. The Balaban J connectivity index is 2.31. The fraction of sp³-hybridized carbons (Fsp3) is 1.00. The van der Waals surface area contributed by atoms with Gasteiger partial charge in [0.15, 0.2) is 0 Å². The third kappa shape index (κ3) is 3.58. The highest BCUT2D eigenvalue weighted by Crippen LogP contribution is 2.27. The molecule has 0 aromatic heterocycles. The summed E-state index contributed by atoms with van der Waals surface area (Å²) in [4.78, 5) is 0. The van der Waals surface area contributed by atoms with E-state index in [2.05, 4.69) is 19.2 Å². The lowest BCUT2D eigenvalue weighted by atomic mass is 9.88. The Labute approximate surface area is 88.4 Å². The second-order valence-corrected chi connectivity index (χ2v) is 4.52. The van der Waals surface area contributed by atoms with E-state index in [4.69, 9.17) is 4.74 Å². The van der Waals surface area contributed by atoms with Crippen molar-refractivity contribution in [1.82, 2.24) is 5.32 Å². The van der Waals surface area contributed by atoms with Crippen LogP contribution in [0.25, 0.3) is 0 Å². The molecule has 0 aromatic carbocycles. The van der Waals surface area contributed by atoms with E-state index < -0.39 is 0 Å². The number of hydrogen-bond donors (Lipinski definition) is 1. The predicted octanol–water partition coefficient (Wildman–Crippen LogP) is 2.58. The second-order valence-electron chi connectivity index (χ2n) is 4.52. The van der Waals surface area contributed by atoms with Gasteiger partial charge in [0.05, 0.1) is 12.2 Å². The van der Waals surface area contributed by atoms with Crippen molar-refractivity contribution in [3.63, 3.8) is 0 Å². The largest absolute Gasteiger partial charge is 0.373 e. The van der Waals surface area contributed by atoms with Gasteiger partial charge in [0, 0.05) is 6.54 Å². The average Bonchev–Trinajstić information content (AvgIpc) is 2.20. The fourth-order valence-electron chi connectivity index (χ4n) is 2.25. The average molecular weight is 199 g/mol. The topological polar surface area (TPSA) is 21.3 Å². The third-order valence-electron chi connectivity index (χ3n) is 3.29. The molecule has 3 atom stereocenters. The van der Waals surface area contributed by atoms with E-state index in [9.17, 15) is 0 Å². The zero-order valence-electron chi connectivity index (χ0n) is 9.88. The summed E-state index contributed by atoms with van der Waals surface area (Å²) in [5.74, 6) is 0.759. The van der Waals surface area contributed by atoms with Crippen LogP contribution < -0.4 is 5.32 Å². The van der Waals surface area contributed by atoms with E-state index in [-0.39, 0.29) is 0 Å². The minimum Gasteiger partial charge on any atom is -0.373 e. The molecule has 1 N–H and O–H groups in total. The molecule has 0 amide bonds. The quantitative estimate of drug-likeness (QED) is 0.735. The molecule has 0 spiro atoms. The molecular weight excluding hydrogens is 174 g/mol. The zero-order chi connectivity index (χ0) is 10.4. The summed E-state index contributed by atoms with van der Waals surface area (Å²) < 4.78 is 6.13. The van der Waals surface area contributed by atoms with Crippen molar-refractivity contribution in [3.8, 4) is 0 Å². The Morgan fingerprint density at radius 2 is 2.07 bits per heavy atom. The van der Waals surface area contributed by atoms with Crippen LogP contribution in [0, 0.1) is 5.92 Å². The maximum Gasteiger partial charge on any atom is 0.0700 e. The van der Waals surface area contributed by atoms with Gasteiger partial charge in [-0.2, -0.15) is 0 Å². The Morgan fingerprint density at radius 3 is 2.64 bits per heavy atom. The van der Waals surface area contributed by atoms with Crippen molar-refractivity contribution in [2.24, 2.45) is 5.92 Å². The molecule has 14 heavy (non-hydrogen) atoms. The van der Waals surface area contributed by atoms with Crippen molar-refractivity contribution in [1.29, 1.82) is 0 Å². The minimum atomic E-state index is 0.408. The first-order valence-electron chi connectivity index (χ1n) is 6.08. The van der Waals surface area contributed by atoms with Crippen molar-refractivity contribution in [3.05, 3.63) is 0 Å². The molecule has 0 saturated heterocycles. The highest BCUT2D eigenvalue weighted by molar-refractivity contribution is 4.74. The van der Waals surface area contributed by atoms with Crippen molar-refractivity contribution in [2.75, 3.05) is 13.6 Å². The first kappa shape index (κ1) is 12.0. The van der Waals surface area contributed by atoms with Gasteiger partial charge in [-0.05, 0) is 32.2 Å². The molecule has 1 aliphatic carbocycles. The highest BCUT2D eigenvalue weighted by atomic mass is 16.5. The molecule has 0 aromatic rings. The molecule has 0 radical (unpaired) electrons. The van der Waals surface area contributed by atoms with Gasteiger partial charge in [0.25, 0.3) is 0 Å². The van der Waals surface area contributed by atoms with Gasteiger partial charge in [0.2, 0.25) is 0 Å². The molecule has 2 nitrogen and oxygen atoms in total. The predicted molar refractivity (Wildman–Crippen MR) is 60.5 cm³/mol. The smallest absolute Gasteiger partial charge is 0.0700 e. The van der Waals surface area contributed by atoms with Crippen LogP contribution in [-0.4, -0.2) is 25.8 Å². The van der Waals surface area contributed by atoms with Crippen molar-refractivity contribution >= 4 is 0 Å². The zero-order valence-corrected chi connectivity index (χ0v) is 9.88. The van der Waals surface area contributed by atoms with Crippen LogP contribution in [0.2, 0.25) is 0 Å². The normalized spacial score (nSPS) is 30.2. The fourth-order valence-corrected chi connectivity index (χ4v) is 2.25. The van der Waals surface area contributed by atoms with E-state index in [1.807, 2.05) is 7.05 Å². The van der Waals surface area contributed by atoms with Gasteiger partial charge in [0.1, 0.15) is 0 Å². The third-order valence-corrected chi connectivity index (χ3v) is 3.29. The van der Waals surface area contributed by atoms with Crippen molar-refractivity contribution < 1.29 is 4.74 Å². The van der Waals surface area contributed by atoms with Gasteiger partial charge < -0.3 is 10.1 Å². The molecule has 2 heteroatoms. The van der Waals surface area contributed by atoms with E-state index in [1.165, 1.54) is 25.7 Å². The van der Waals surface area contributed by atoms with E-state index in [0.29, 0.717) is 12.2 Å². The monoisotopic (exact) mass is 199 g/mol. The Hall–Kier alpha value is -0.0800. The maximum absolute atomic E-state index is 6.13. The van der Waals surface area contributed by atoms with Crippen LogP contribution in [0.3, 0.4) is 0 Å². The number of hydrogen-bond acceptors (Lipinski definition) is 2. The SMILES string of the molecule is CCC(CNC)OC1CCCCC1C. The van der Waals surface area contributed by atoms with E-state index in [1.54, 1.807) is 0 Å². The Morgan fingerprint density at radius 1 is 1.36 bits per heavy atom. The molecule has 3 unspecified atom stereocenters. The number of rotatable bonds is 5. The van der Waals surface area contributed by atoms with Crippen LogP contribution in [0.4, 0.5) is 0 Å². The first-order chi connectivity index (χ1) is 6.77. The molecular formula is C12H25NO. The van der Waals surface area contributed by atoms with Gasteiger partial charge in [-0.25, -0.2) is 0 Å². The summed E-state index contributed by atoms with van der Waals surface area (Å²) in [6.07, 6.45) is 7.40. The molecule has 1 rings (SSSR count). The van der Waals surface area contributed by atoms with E-state index in [0.717, 1.165) is 18.9 Å². The van der Waals surface area contributed by atoms with Gasteiger partial charge in [-0.1, -0.05) is 26.7 Å². The summed E-state index contributed by atoms with van der Waals surface area (Å²) in [7, 11) is 2.00. The molecule has 84 valence electrons. The Bertz CT molecular complexity index is 149. The highest BCUT2D eigenvalue weighted by Gasteiger charge is 2.24. The van der Waals surface area contributed by atoms with Crippen LogP contribution >= 0.6 is 0 Å². The van der Waals surface area contributed by atoms with E-state index >= 15 is 0 Å². The van der Waals surface area contributed by atoms with Crippen molar-refractivity contribution in [2.45, 2.75) is 58.2 Å². The van der Waals surface area contributed by atoms with Crippen LogP contribution in [0.5, 0.6) is 0 Å². The lowest BCUT2D eigenvalue weighted by Crippen LogP contribution is -2.34. The summed E-state index contributed by atoms with van der Waals surface area (Å²) in [5.41, 5.74) is 0. The first-order valence-corrected chi connectivity index (χ1v) is 6.08. The maximum atomic E-state index is 6.13. The minimum absolute atomic E-state index is 0.408. The van der Waals surface area contributed by atoms with Gasteiger partial charge in [-0.15, -0.1) is 0 Å². The summed E-state index contributed by atoms with van der Waals surface area (Å²) in [5, 5.41) is 3.20. The lowest BCUT2D eigenvalue weighted by Gasteiger charge is -2.32. The van der Waals surface area contributed by atoms with Gasteiger partial charge >= 0.3 is 0 Å².